The van der Waals surface area contributed by atoms with Crippen molar-refractivity contribution in [2.75, 3.05) is 11.4 Å². The van der Waals surface area contributed by atoms with E-state index in [1.165, 1.54) is 23.8 Å². The SMILES string of the molecule is CCN(c1cc(CCl)c2ccccc2n1)C1CC1. The topological polar surface area (TPSA) is 16.1 Å². The first-order chi connectivity index (χ1) is 8.83. The summed E-state index contributed by atoms with van der Waals surface area (Å²) < 4.78 is 0. The van der Waals surface area contributed by atoms with Crippen LogP contribution in [0.3, 0.4) is 0 Å². The number of benzene rings is 1. The first kappa shape index (κ1) is 11.8. The van der Waals surface area contributed by atoms with Crippen molar-refractivity contribution in [3.63, 3.8) is 0 Å². The molecule has 0 spiro atoms. The van der Waals surface area contributed by atoms with Crippen LogP contribution in [0, 0.1) is 0 Å². The Bertz CT molecular complexity index is 563. The van der Waals surface area contributed by atoms with Crippen LogP contribution >= 0.6 is 11.6 Å². The maximum Gasteiger partial charge on any atom is 0.129 e. The highest BCUT2D eigenvalue weighted by molar-refractivity contribution is 6.18. The molecule has 2 nitrogen and oxygen atoms in total. The number of nitrogens with zero attached hydrogens (tertiary/aromatic N) is 2. The molecule has 1 aliphatic carbocycles. The number of fused-ring (bicyclic) bond motifs is 1. The molecule has 0 saturated heterocycles. The third-order valence-electron chi connectivity index (χ3n) is 3.55. The molecule has 0 N–H and O–H groups in total. The van der Waals surface area contributed by atoms with Crippen molar-refractivity contribution in [1.82, 2.24) is 4.98 Å². The average Bonchev–Trinajstić information content (AvgIpc) is 3.23. The van der Waals surface area contributed by atoms with E-state index in [4.69, 9.17) is 16.6 Å². The number of halogens is 1. The second kappa shape index (κ2) is 4.77. The summed E-state index contributed by atoms with van der Waals surface area (Å²) in [6, 6.07) is 11.1. The lowest BCUT2D eigenvalue weighted by Gasteiger charge is -2.22. The smallest absolute Gasteiger partial charge is 0.129 e. The first-order valence-electron chi connectivity index (χ1n) is 6.54. The molecule has 0 amide bonds. The van der Waals surface area contributed by atoms with Gasteiger partial charge in [0.25, 0.3) is 0 Å². The summed E-state index contributed by atoms with van der Waals surface area (Å²) in [5.41, 5.74) is 2.22. The van der Waals surface area contributed by atoms with E-state index in [0.717, 1.165) is 17.9 Å². The highest BCUT2D eigenvalue weighted by atomic mass is 35.5. The molecule has 0 aliphatic heterocycles. The summed E-state index contributed by atoms with van der Waals surface area (Å²) in [5.74, 6) is 1.62. The van der Waals surface area contributed by atoms with E-state index in [2.05, 4.69) is 30.0 Å². The van der Waals surface area contributed by atoms with Gasteiger partial charge < -0.3 is 4.90 Å². The van der Waals surface area contributed by atoms with Gasteiger partial charge in [0.15, 0.2) is 0 Å². The van der Waals surface area contributed by atoms with Crippen LogP contribution in [-0.2, 0) is 5.88 Å². The number of pyridine rings is 1. The molecule has 1 fully saturated rings. The molecule has 1 aliphatic rings. The van der Waals surface area contributed by atoms with E-state index < -0.39 is 0 Å². The zero-order valence-corrected chi connectivity index (χ0v) is 11.3. The summed E-state index contributed by atoms with van der Waals surface area (Å²) in [4.78, 5) is 7.17. The largest absolute Gasteiger partial charge is 0.354 e. The van der Waals surface area contributed by atoms with Crippen LogP contribution in [-0.4, -0.2) is 17.6 Å². The van der Waals surface area contributed by atoms with Gasteiger partial charge in [0.05, 0.1) is 5.52 Å². The highest BCUT2D eigenvalue weighted by Gasteiger charge is 2.29. The number of para-hydroxylation sites is 1. The van der Waals surface area contributed by atoms with Gasteiger partial charge in [-0.15, -0.1) is 11.6 Å². The third kappa shape index (κ3) is 2.05. The lowest BCUT2D eigenvalue weighted by Crippen LogP contribution is -2.26. The van der Waals surface area contributed by atoms with Crippen molar-refractivity contribution in [3.05, 3.63) is 35.9 Å². The molecule has 94 valence electrons. The number of aromatic nitrogens is 1. The predicted molar refractivity (Wildman–Crippen MR) is 77.3 cm³/mol. The molecule has 18 heavy (non-hydrogen) atoms. The molecule has 1 heterocycles. The van der Waals surface area contributed by atoms with Crippen molar-refractivity contribution in [2.24, 2.45) is 0 Å². The second-order valence-corrected chi connectivity index (χ2v) is 5.07. The molecule has 2 aromatic rings. The fraction of sp³-hybridized carbons (Fsp3) is 0.400. The van der Waals surface area contributed by atoms with Gasteiger partial charge in [-0.1, -0.05) is 18.2 Å². The van der Waals surface area contributed by atoms with Crippen molar-refractivity contribution in [1.29, 1.82) is 0 Å². The van der Waals surface area contributed by atoms with Crippen molar-refractivity contribution in [2.45, 2.75) is 31.7 Å². The van der Waals surface area contributed by atoms with E-state index in [0.29, 0.717) is 11.9 Å². The van der Waals surface area contributed by atoms with Crippen LogP contribution in [0.1, 0.15) is 25.3 Å². The standard InChI is InChI=1S/C15H17ClN2/c1-2-18(12-7-8-12)15-9-11(10-16)13-5-3-4-6-14(13)17-15/h3-6,9,12H,2,7-8,10H2,1H3. The Balaban J connectivity index is 2.12. The van der Waals surface area contributed by atoms with Gasteiger partial charge in [0, 0.05) is 23.9 Å². The lowest BCUT2D eigenvalue weighted by atomic mass is 10.1. The fourth-order valence-corrected chi connectivity index (χ4v) is 2.70. The van der Waals surface area contributed by atoms with Gasteiger partial charge >= 0.3 is 0 Å². The van der Waals surface area contributed by atoms with Crippen molar-refractivity contribution in [3.8, 4) is 0 Å². The molecule has 3 rings (SSSR count). The summed E-state index contributed by atoms with van der Waals surface area (Å²) in [6.07, 6.45) is 2.58. The van der Waals surface area contributed by atoms with Crippen LogP contribution in [0.25, 0.3) is 10.9 Å². The van der Waals surface area contributed by atoms with Gasteiger partial charge in [-0.3, -0.25) is 0 Å². The van der Waals surface area contributed by atoms with E-state index in [1.54, 1.807) is 0 Å². The molecule has 1 saturated carbocycles. The van der Waals surface area contributed by atoms with Crippen LogP contribution in [0.2, 0.25) is 0 Å². The average molecular weight is 261 g/mol. The normalized spacial score (nSPS) is 15.0. The van der Waals surface area contributed by atoms with Gasteiger partial charge in [-0.05, 0) is 37.5 Å². The number of rotatable bonds is 4. The zero-order chi connectivity index (χ0) is 12.5. The second-order valence-electron chi connectivity index (χ2n) is 4.81. The Morgan fingerprint density at radius 3 is 2.78 bits per heavy atom. The molecule has 0 radical (unpaired) electrons. The Kier molecular flexibility index (Phi) is 3.13. The number of alkyl halides is 1. The van der Waals surface area contributed by atoms with E-state index >= 15 is 0 Å². The van der Waals surface area contributed by atoms with Gasteiger partial charge in [-0.2, -0.15) is 0 Å². The maximum absolute atomic E-state index is 6.07. The summed E-state index contributed by atoms with van der Waals surface area (Å²) >= 11 is 6.07. The highest BCUT2D eigenvalue weighted by Crippen LogP contribution is 2.32. The minimum atomic E-state index is 0.540. The molecule has 3 heteroatoms. The number of hydrogen-bond donors (Lipinski definition) is 0. The zero-order valence-electron chi connectivity index (χ0n) is 10.6. The van der Waals surface area contributed by atoms with Crippen LogP contribution in [0.15, 0.2) is 30.3 Å². The number of hydrogen-bond acceptors (Lipinski definition) is 2. The predicted octanol–water partition coefficient (Wildman–Crippen LogP) is 3.96. The monoisotopic (exact) mass is 260 g/mol. The van der Waals surface area contributed by atoms with Crippen molar-refractivity contribution < 1.29 is 0 Å². The first-order valence-corrected chi connectivity index (χ1v) is 7.08. The summed E-state index contributed by atoms with van der Waals surface area (Å²) in [7, 11) is 0. The lowest BCUT2D eigenvalue weighted by molar-refractivity contribution is 0.811. The summed E-state index contributed by atoms with van der Waals surface area (Å²) in [6.45, 7) is 3.20. The maximum atomic E-state index is 6.07. The van der Waals surface area contributed by atoms with E-state index in [9.17, 15) is 0 Å². The van der Waals surface area contributed by atoms with Gasteiger partial charge in [0.1, 0.15) is 5.82 Å². The molecule has 0 atom stereocenters. The molecule has 1 aromatic carbocycles. The minimum Gasteiger partial charge on any atom is -0.354 e. The Morgan fingerprint density at radius 1 is 1.33 bits per heavy atom. The fourth-order valence-electron chi connectivity index (χ4n) is 2.48. The van der Waals surface area contributed by atoms with Crippen molar-refractivity contribution >= 4 is 28.3 Å². The molecular weight excluding hydrogens is 244 g/mol. The van der Waals surface area contributed by atoms with Gasteiger partial charge in [-0.25, -0.2) is 4.98 Å². The van der Waals surface area contributed by atoms with Crippen LogP contribution < -0.4 is 4.90 Å². The van der Waals surface area contributed by atoms with Crippen LogP contribution in [0.5, 0.6) is 0 Å². The van der Waals surface area contributed by atoms with E-state index in [1.807, 2.05) is 12.1 Å². The Hall–Kier alpha value is -1.28. The molecule has 1 aromatic heterocycles. The Morgan fingerprint density at radius 2 is 2.11 bits per heavy atom. The molecular formula is C15H17ClN2. The molecule has 0 unspecified atom stereocenters. The van der Waals surface area contributed by atoms with E-state index in [-0.39, 0.29) is 0 Å². The van der Waals surface area contributed by atoms with Gasteiger partial charge in [0.2, 0.25) is 0 Å². The number of anilines is 1. The summed E-state index contributed by atoms with van der Waals surface area (Å²) in [5, 5.41) is 1.17. The third-order valence-corrected chi connectivity index (χ3v) is 3.84. The Labute approximate surface area is 113 Å². The molecule has 0 bridgehead atoms. The van der Waals surface area contributed by atoms with Crippen LogP contribution in [0.4, 0.5) is 5.82 Å². The minimum absolute atomic E-state index is 0.540. The quantitative estimate of drug-likeness (QED) is 0.774.